The molecule has 5 heteroatoms. The molecule has 0 saturated carbocycles. The zero-order chi connectivity index (χ0) is 14.4. The van der Waals surface area contributed by atoms with E-state index in [0.717, 1.165) is 5.56 Å². The van der Waals surface area contributed by atoms with Crippen molar-refractivity contribution >= 4 is 29.1 Å². The van der Waals surface area contributed by atoms with Gasteiger partial charge in [-0.05, 0) is 38.5 Å². The van der Waals surface area contributed by atoms with E-state index >= 15 is 0 Å². The number of amides is 2. The number of carbonyl (C=O) groups excluding carboxylic acids is 2. The molecule has 0 aliphatic heterocycles. The molecular formula is C14H19ClN2O2. The Hall–Kier alpha value is -1.55. The predicted octanol–water partition coefficient (Wildman–Crippen LogP) is 2.85. The van der Waals surface area contributed by atoms with E-state index in [4.69, 9.17) is 11.6 Å². The standard InChI is InChI=1S/C14H19ClN2O2/c1-4-17(5-2)14(19)9-13(18)16-12-8-6-7-11(15)10(12)3/h6-8H,4-5,9H2,1-3H3,(H,16,18). The molecule has 0 atom stereocenters. The molecule has 0 bridgehead atoms. The molecule has 0 saturated heterocycles. The molecular weight excluding hydrogens is 264 g/mol. The number of nitrogens with one attached hydrogen (secondary N) is 1. The maximum atomic E-state index is 11.8. The second-order valence-corrected chi connectivity index (χ2v) is 4.61. The van der Waals surface area contributed by atoms with Crippen molar-refractivity contribution in [2.75, 3.05) is 18.4 Å². The lowest BCUT2D eigenvalue weighted by molar-refractivity contribution is -0.134. The van der Waals surface area contributed by atoms with Crippen LogP contribution in [0.2, 0.25) is 5.02 Å². The Balaban J connectivity index is 2.65. The van der Waals surface area contributed by atoms with E-state index in [1.165, 1.54) is 0 Å². The van der Waals surface area contributed by atoms with Gasteiger partial charge in [0.05, 0.1) is 0 Å². The highest BCUT2D eigenvalue weighted by molar-refractivity contribution is 6.31. The Kier molecular flexibility index (Phi) is 5.83. The fourth-order valence-electron chi connectivity index (χ4n) is 1.76. The summed E-state index contributed by atoms with van der Waals surface area (Å²) in [5.41, 5.74) is 1.44. The van der Waals surface area contributed by atoms with E-state index in [9.17, 15) is 9.59 Å². The summed E-state index contributed by atoms with van der Waals surface area (Å²) in [4.78, 5) is 25.2. The fourth-order valence-corrected chi connectivity index (χ4v) is 1.94. The molecule has 0 aliphatic rings. The van der Waals surface area contributed by atoms with E-state index in [1.54, 1.807) is 23.1 Å². The lowest BCUT2D eigenvalue weighted by atomic mass is 10.2. The minimum absolute atomic E-state index is 0.145. The summed E-state index contributed by atoms with van der Waals surface area (Å²) in [7, 11) is 0. The summed E-state index contributed by atoms with van der Waals surface area (Å²) in [5, 5.41) is 3.30. The predicted molar refractivity (Wildman–Crippen MR) is 77.4 cm³/mol. The van der Waals surface area contributed by atoms with Crippen molar-refractivity contribution in [2.24, 2.45) is 0 Å². The van der Waals surface area contributed by atoms with Crippen LogP contribution in [-0.4, -0.2) is 29.8 Å². The smallest absolute Gasteiger partial charge is 0.233 e. The van der Waals surface area contributed by atoms with Crippen molar-refractivity contribution in [3.05, 3.63) is 28.8 Å². The van der Waals surface area contributed by atoms with Crippen molar-refractivity contribution in [3.8, 4) is 0 Å². The first-order valence-electron chi connectivity index (χ1n) is 6.32. The van der Waals surface area contributed by atoms with Crippen molar-refractivity contribution in [3.63, 3.8) is 0 Å². The molecule has 0 aliphatic carbocycles. The van der Waals surface area contributed by atoms with Gasteiger partial charge in [-0.15, -0.1) is 0 Å². The number of nitrogens with zero attached hydrogens (tertiary/aromatic N) is 1. The summed E-state index contributed by atoms with van der Waals surface area (Å²) in [6, 6.07) is 5.28. The van der Waals surface area contributed by atoms with Crippen LogP contribution in [0.15, 0.2) is 18.2 Å². The SMILES string of the molecule is CCN(CC)C(=O)CC(=O)Nc1cccc(Cl)c1C. The van der Waals surface area contributed by atoms with Gasteiger partial charge in [0.1, 0.15) is 6.42 Å². The largest absolute Gasteiger partial charge is 0.343 e. The second-order valence-electron chi connectivity index (χ2n) is 4.20. The topological polar surface area (TPSA) is 49.4 Å². The lowest BCUT2D eigenvalue weighted by Crippen LogP contribution is -2.33. The van der Waals surface area contributed by atoms with Gasteiger partial charge in [-0.3, -0.25) is 9.59 Å². The Morgan fingerprint density at radius 2 is 1.89 bits per heavy atom. The summed E-state index contributed by atoms with van der Waals surface area (Å²) >= 11 is 5.97. The minimum Gasteiger partial charge on any atom is -0.343 e. The molecule has 0 radical (unpaired) electrons. The van der Waals surface area contributed by atoms with E-state index in [0.29, 0.717) is 23.8 Å². The van der Waals surface area contributed by atoms with Gasteiger partial charge >= 0.3 is 0 Å². The maximum absolute atomic E-state index is 11.8. The Morgan fingerprint density at radius 1 is 1.26 bits per heavy atom. The summed E-state index contributed by atoms with van der Waals surface area (Å²) < 4.78 is 0. The summed E-state index contributed by atoms with van der Waals surface area (Å²) in [6.45, 7) is 6.82. The number of hydrogen-bond acceptors (Lipinski definition) is 2. The third-order valence-electron chi connectivity index (χ3n) is 2.97. The first-order valence-corrected chi connectivity index (χ1v) is 6.70. The number of halogens is 1. The Labute approximate surface area is 118 Å². The highest BCUT2D eigenvalue weighted by Gasteiger charge is 2.15. The third kappa shape index (κ3) is 4.24. The van der Waals surface area contributed by atoms with Gasteiger partial charge in [0.2, 0.25) is 11.8 Å². The van der Waals surface area contributed by atoms with Crippen LogP contribution >= 0.6 is 11.6 Å². The minimum atomic E-state index is -0.317. The quantitative estimate of drug-likeness (QED) is 0.844. The van der Waals surface area contributed by atoms with E-state index in [2.05, 4.69) is 5.32 Å². The van der Waals surface area contributed by atoms with E-state index < -0.39 is 0 Å². The van der Waals surface area contributed by atoms with Crippen LogP contribution in [0.1, 0.15) is 25.8 Å². The summed E-state index contributed by atoms with van der Waals surface area (Å²) in [6.07, 6.45) is -0.145. The average Bonchev–Trinajstić information content (AvgIpc) is 2.36. The molecule has 1 aromatic rings. The molecule has 1 rings (SSSR count). The van der Waals surface area contributed by atoms with Crippen LogP contribution in [0.25, 0.3) is 0 Å². The number of rotatable bonds is 5. The molecule has 0 heterocycles. The van der Waals surface area contributed by atoms with Gasteiger partial charge in [-0.2, -0.15) is 0 Å². The molecule has 1 N–H and O–H groups in total. The zero-order valence-electron chi connectivity index (χ0n) is 11.5. The second kappa shape index (κ2) is 7.14. The summed E-state index contributed by atoms with van der Waals surface area (Å²) in [5.74, 6) is -0.482. The highest BCUT2D eigenvalue weighted by atomic mass is 35.5. The van der Waals surface area contributed by atoms with Crippen molar-refractivity contribution in [1.29, 1.82) is 0 Å². The van der Waals surface area contributed by atoms with Gasteiger partial charge in [0.15, 0.2) is 0 Å². The molecule has 19 heavy (non-hydrogen) atoms. The number of carbonyl (C=O) groups is 2. The number of benzene rings is 1. The maximum Gasteiger partial charge on any atom is 0.233 e. The van der Waals surface area contributed by atoms with Gasteiger partial charge < -0.3 is 10.2 Å². The monoisotopic (exact) mass is 282 g/mol. The van der Waals surface area contributed by atoms with Gasteiger partial charge in [-0.1, -0.05) is 17.7 Å². The molecule has 4 nitrogen and oxygen atoms in total. The zero-order valence-corrected chi connectivity index (χ0v) is 12.3. The van der Waals surface area contributed by atoms with Crippen molar-refractivity contribution in [1.82, 2.24) is 4.90 Å². The Bertz CT molecular complexity index is 471. The Morgan fingerprint density at radius 3 is 2.47 bits per heavy atom. The molecule has 2 amide bonds. The van der Waals surface area contributed by atoms with Gasteiger partial charge in [0.25, 0.3) is 0 Å². The fraction of sp³-hybridized carbons (Fsp3) is 0.429. The van der Waals surface area contributed by atoms with Crippen LogP contribution in [0.3, 0.4) is 0 Å². The molecule has 1 aromatic carbocycles. The number of hydrogen-bond donors (Lipinski definition) is 1. The van der Waals surface area contributed by atoms with Crippen LogP contribution in [0.4, 0.5) is 5.69 Å². The molecule has 0 unspecified atom stereocenters. The third-order valence-corrected chi connectivity index (χ3v) is 3.38. The molecule has 104 valence electrons. The average molecular weight is 283 g/mol. The van der Waals surface area contributed by atoms with Crippen LogP contribution in [0, 0.1) is 6.92 Å². The van der Waals surface area contributed by atoms with E-state index in [1.807, 2.05) is 20.8 Å². The lowest BCUT2D eigenvalue weighted by Gasteiger charge is -2.18. The van der Waals surface area contributed by atoms with Crippen molar-refractivity contribution < 1.29 is 9.59 Å². The van der Waals surface area contributed by atoms with Gasteiger partial charge in [-0.25, -0.2) is 0 Å². The van der Waals surface area contributed by atoms with Crippen LogP contribution in [0.5, 0.6) is 0 Å². The van der Waals surface area contributed by atoms with E-state index in [-0.39, 0.29) is 18.2 Å². The molecule has 0 spiro atoms. The first-order chi connectivity index (χ1) is 8.99. The normalized spacial score (nSPS) is 10.1. The molecule has 0 fully saturated rings. The number of anilines is 1. The van der Waals surface area contributed by atoms with Crippen LogP contribution < -0.4 is 5.32 Å². The molecule has 0 aromatic heterocycles. The van der Waals surface area contributed by atoms with Gasteiger partial charge in [0, 0.05) is 23.8 Å². The van der Waals surface area contributed by atoms with Crippen LogP contribution in [-0.2, 0) is 9.59 Å². The van der Waals surface area contributed by atoms with Crippen molar-refractivity contribution in [2.45, 2.75) is 27.2 Å². The highest BCUT2D eigenvalue weighted by Crippen LogP contribution is 2.22. The first kappa shape index (κ1) is 15.5.